The molecule has 0 aromatic carbocycles. The van der Waals surface area contributed by atoms with E-state index in [0.717, 1.165) is 0 Å². The summed E-state index contributed by atoms with van der Waals surface area (Å²) in [5, 5.41) is 12.9. The Morgan fingerprint density at radius 3 is 2.73 bits per heavy atom. The second-order valence-corrected chi connectivity index (χ2v) is 6.20. The van der Waals surface area contributed by atoms with Crippen LogP contribution in [0.15, 0.2) is 0 Å². The van der Waals surface area contributed by atoms with Gasteiger partial charge in [0.05, 0.1) is 16.5 Å². The fraction of sp³-hybridized carbons (Fsp3) is 0.778. The second-order valence-electron chi connectivity index (χ2n) is 4.40. The Morgan fingerprint density at radius 1 is 1.67 bits per heavy atom. The highest BCUT2D eigenvalue weighted by atomic mass is 32.2. The first-order valence-electron chi connectivity index (χ1n) is 4.79. The molecule has 15 heavy (non-hydrogen) atoms. The van der Waals surface area contributed by atoms with Gasteiger partial charge in [0.1, 0.15) is 0 Å². The van der Waals surface area contributed by atoms with Crippen molar-refractivity contribution in [2.24, 2.45) is 0 Å². The molecule has 0 aliphatic carbocycles. The van der Waals surface area contributed by atoms with Crippen LogP contribution in [-0.2, 0) is 9.59 Å². The molecule has 1 unspecified atom stereocenters. The summed E-state index contributed by atoms with van der Waals surface area (Å²) >= 11 is 1.51. The highest BCUT2D eigenvalue weighted by molar-refractivity contribution is 8.01. The van der Waals surface area contributed by atoms with Crippen molar-refractivity contribution in [1.82, 2.24) is 10.2 Å². The lowest BCUT2D eigenvalue weighted by Crippen LogP contribution is -2.70. The molecular formula is C9H14N2O3S. The molecule has 2 fully saturated rings. The fourth-order valence-electron chi connectivity index (χ4n) is 2.04. The summed E-state index contributed by atoms with van der Waals surface area (Å²) in [4.78, 5) is 23.8. The van der Waals surface area contributed by atoms with Gasteiger partial charge >= 0.3 is 0 Å². The molecule has 2 saturated heterocycles. The number of hydrogen-bond donors (Lipinski definition) is 2. The summed E-state index contributed by atoms with van der Waals surface area (Å²) in [5.74, 6) is -2.01. The third-order valence-electron chi connectivity index (χ3n) is 2.88. The monoisotopic (exact) mass is 230 g/mol. The number of nitrogens with one attached hydrogen (secondary N) is 1. The van der Waals surface area contributed by atoms with E-state index in [4.69, 9.17) is 0 Å². The van der Waals surface area contributed by atoms with E-state index in [1.54, 1.807) is 0 Å². The standard InChI is InChI=1S/C9H14N2O3S/c1-5(12)10-9(14)8(2,3)15-7-4-6(13)11(7)9/h7,14H,4H2,1-3H3,(H,10,12)/t7-,9?/m1/s1. The first-order valence-corrected chi connectivity index (χ1v) is 5.67. The number of thioether (sulfide) groups is 1. The van der Waals surface area contributed by atoms with E-state index in [1.807, 2.05) is 13.8 Å². The zero-order chi connectivity index (χ0) is 11.4. The van der Waals surface area contributed by atoms with E-state index in [9.17, 15) is 14.7 Å². The molecule has 0 aromatic heterocycles. The van der Waals surface area contributed by atoms with Gasteiger partial charge < -0.3 is 10.4 Å². The average molecular weight is 230 g/mol. The van der Waals surface area contributed by atoms with Crippen LogP contribution in [0.2, 0.25) is 0 Å². The van der Waals surface area contributed by atoms with Crippen molar-refractivity contribution in [2.45, 2.75) is 43.2 Å². The summed E-state index contributed by atoms with van der Waals surface area (Å²) in [6.45, 7) is 4.97. The number of nitrogens with zero attached hydrogens (tertiary/aromatic N) is 1. The lowest BCUT2D eigenvalue weighted by atomic mass is 10.0. The molecule has 0 radical (unpaired) electrons. The Morgan fingerprint density at radius 2 is 2.27 bits per heavy atom. The van der Waals surface area contributed by atoms with E-state index < -0.39 is 10.6 Å². The molecule has 84 valence electrons. The zero-order valence-corrected chi connectivity index (χ0v) is 9.72. The van der Waals surface area contributed by atoms with Crippen LogP contribution in [0.5, 0.6) is 0 Å². The molecule has 0 spiro atoms. The van der Waals surface area contributed by atoms with Crippen molar-refractivity contribution in [2.75, 3.05) is 0 Å². The summed E-state index contributed by atoms with van der Waals surface area (Å²) in [6, 6.07) is 0. The van der Waals surface area contributed by atoms with E-state index in [2.05, 4.69) is 5.32 Å². The average Bonchev–Trinajstić information content (AvgIpc) is 2.13. The molecule has 0 aromatic rings. The van der Waals surface area contributed by atoms with Gasteiger partial charge in [-0.15, -0.1) is 11.8 Å². The Balaban J connectivity index is 2.33. The quantitative estimate of drug-likeness (QED) is 0.485. The molecule has 0 saturated carbocycles. The molecule has 2 rings (SSSR count). The van der Waals surface area contributed by atoms with E-state index in [-0.39, 0.29) is 17.2 Å². The van der Waals surface area contributed by atoms with Crippen molar-refractivity contribution in [3.63, 3.8) is 0 Å². The molecule has 2 N–H and O–H groups in total. The van der Waals surface area contributed by atoms with E-state index >= 15 is 0 Å². The van der Waals surface area contributed by atoms with Crippen LogP contribution in [0.1, 0.15) is 27.2 Å². The third-order valence-corrected chi connectivity index (χ3v) is 4.40. The van der Waals surface area contributed by atoms with Crippen molar-refractivity contribution >= 4 is 23.6 Å². The maximum absolute atomic E-state index is 11.4. The Bertz CT molecular complexity index is 344. The van der Waals surface area contributed by atoms with Gasteiger partial charge in [0.2, 0.25) is 17.7 Å². The van der Waals surface area contributed by atoms with Crippen LogP contribution in [0.4, 0.5) is 0 Å². The molecule has 2 heterocycles. The van der Waals surface area contributed by atoms with Crippen LogP contribution in [-0.4, -0.2) is 37.8 Å². The van der Waals surface area contributed by atoms with E-state index in [1.165, 1.54) is 23.6 Å². The van der Waals surface area contributed by atoms with Crippen LogP contribution in [0.3, 0.4) is 0 Å². The number of aliphatic hydroxyl groups is 1. The fourth-order valence-corrected chi connectivity index (χ4v) is 3.63. The maximum Gasteiger partial charge on any atom is 0.236 e. The Kier molecular flexibility index (Phi) is 2.07. The summed E-state index contributed by atoms with van der Waals surface area (Å²) < 4.78 is -0.588. The smallest absolute Gasteiger partial charge is 0.236 e. The number of fused-ring (bicyclic) bond motifs is 1. The van der Waals surface area contributed by atoms with Gasteiger partial charge in [0.25, 0.3) is 0 Å². The summed E-state index contributed by atoms with van der Waals surface area (Å²) in [7, 11) is 0. The molecule has 5 nitrogen and oxygen atoms in total. The maximum atomic E-state index is 11.4. The highest BCUT2D eigenvalue weighted by Gasteiger charge is 2.65. The minimum absolute atomic E-state index is 0.00986. The molecule has 0 bridgehead atoms. The molecule has 6 heteroatoms. The van der Waals surface area contributed by atoms with Gasteiger partial charge in [-0.1, -0.05) is 0 Å². The Hall–Kier alpha value is -0.750. The predicted octanol–water partition coefficient (Wildman–Crippen LogP) is -0.148. The van der Waals surface area contributed by atoms with Gasteiger partial charge in [-0.05, 0) is 13.8 Å². The molecule has 2 aliphatic heterocycles. The van der Waals surface area contributed by atoms with Gasteiger partial charge in [-0.2, -0.15) is 0 Å². The molecule has 2 atom stereocenters. The minimum atomic E-state index is -1.55. The van der Waals surface area contributed by atoms with Crippen LogP contribution in [0.25, 0.3) is 0 Å². The number of hydrogen-bond acceptors (Lipinski definition) is 4. The molecule has 2 amide bonds. The van der Waals surface area contributed by atoms with Gasteiger partial charge in [0, 0.05) is 6.92 Å². The molecule has 2 aliphatic rings. The predicted molar refractivity (Wildman–Crippen MR) is 55.7 cm³/mol. The topological polar surface area (TPSA) is 69.6 Å². The lowest BCUT2D eigenvalue weighted by molar-refractivity contribution is -0.191. The largest absolute Gasteiger partial charge is 0.353 e. The van der Waals surface area contributed by atoms with Crippen molar-refractivity contribution < 1.29 is 14.7 Å². The SMILES string of the molecule is CC(=O)NC1(O)N2C(=O)C[C@H]2SC1(C)C. The van der Waals surface area contributed by atoms with Crippen LogP contribution in [0, 0.1) is 0 Å². The zero-order valence-electron chi connectivity index (χ0n) is 8.90. The van der Waals surface area contributed by atoms with Gasteiger partial charge in [-0.3, -0.25) is 14.5 Å². The first-order chi connectivity index (χ1) is 6.78. The van der Waals surface area contributed by atoms with E-state index in [0.29, 0.717) is 6.42 Å². The number of β-lactam (4-membered cyclic amide) rings is 1. The molecular weight excluding hydrogens is 216 g/mol. The number of carbonyl (C=O) groups is 2. The van der Waals surface area contributed by atoms with Gasteiger partial charge in [0.15, 0.2) is 0 Å². The number of amides is 2. The van der Waals surface area contributed by atoms with Crippen molar-refractivity contribution in [1.29, 1.82) is 0 Å². The second kappa shape index (κ2) is 2.89. The van der Waals surface area contributed by atoms with Crippen molar-refractivity contribution in [3.8, 4) is 0 Å². The highest BCUT2D eigenvalue weighted by Crippen LogP contribution is 2.54. The Labute approximate surface area is 92.2 Å². The van der Waals surface area contributed by atoms with Crippen LogP contribution < -0.4 is 5.32 Å². The van der Waals surface area contributed by atoms with Crippen LogP contribution >= 0.6 is 11.8 Å². The lowest BCUT2D eigenvalue weighted by Gasteiger charge is -2.45. The minimum Gasteiger partial charge on any atom is -0.353 e. The van der Waals surface area contributed by atoms with Gasteiger partial charge in [-0.25, -0.2) is 0 Å². The summed E-state index contributed by atoms with van der Waals surface area (Å²) in [5.41, 5.74) is 0. The normalized spacial score (nSPS) is 37.2. The first kappa shape index (κ1) is 10.8. The number of carbonyl (C=O) groups excluding carboxylic acids is 2. The summed E-state index contributed by atoms with van der Waals surface area (Å²) in [6.07, 6.45) is 0.440. The number of rotatable bonds is 1. The third kappa shape index (κ3) is 1.28. The van der Waals surface area contributed by atoms with Crippen molar-refractivity contribution in [3.05, 3.63) is 0 Å².